The van der Waals surface area contributed by atoms with Gasteiger partial charge in [-0.05, 0) is 59.3 Å². The lowest BCUT2D eigenvalue weighted by molar-refractivity contribution is 0.0718. The van der Waals surface area contributed by atoms with Gasteiger partial charge >= 0.3 is 0 Å². The first kappa shape index (κ1) is 23.1. The van der Waals surface area contributed by atoms with E-state index in [0.29, 0.717) is 16.5 Å². The van der Waals surface area contributed by atoms with Crippen LogP contribution in [0.1, 0.15) is 16.8 Å². The zero-order valence-electron chi connectivity index (χ0n) is 16.4. The zero-order chi connectivity index (χ0) is 22.4. The van der Waals surface area contributed by atoms with Gasteiger partial charge in [0.2, 0.25) is 0 Å². The summed E-state index contributed by atoms with van der Waals surface area (Å²) in [5.74, 6) is -3.72. The Bertz CT molecular complexity index is 1050. The van der Waals surface area contributed by atoms with Crippen molar-refractivity contribution in [2.45, 2.75) is 13.0 Å². The number of nitrogens with zero attached hydrogens (tertiary/aromatic N) is 3. The summed E-state index contributed by atoms with van der Waals surface area (Å²) in [7, 11) is 0. The van der Waals surface area contributed by atoms with Crippen LogP contribution in [0, 0.1) is 21.0 Å². The molecule has 0 saturated heterocycles. The Kier molecular flexibility index (Phi) is 7.91. The fraction of sp³-hybridized carbons (Fsp3) is 0.238. The van der Waals surface area contributed by atoms with Gasteiger partial charge in [0.1, 0.15) is 5.82 Å². The van der Waals surface area contributed by atoms with Crippen LogP contribution in [0.2, 0.25) is 0 Å². The summed E-state index contributed by atoms with van der Waals surface area (Å²) in [4.78, 5) is 18.4. The van der Waals surface area contributed by atoms with Gasteiger partial charge in [-0.15, -0.1) is 0 Å². The molecule has 31 heavy (non-hydrogen) atoms. The number of carbonyl (C=O) groups is 1. The SMILES string of the molecule is O=C(c1ccc(F)c(F)c1Nc1ccc(I)cc1F)N(CCO)CCCn1ccnc1. The van der Waals surface area contributed by atoms with E-state index in [0.717, 1.165) is 12.1 Å². The highest BCUT2D eigenvalue weighted by Gasteiger charge is 2.24. The standard InChI is InChI=1S/C21H20F3IN4O2/c22-16-4-3-15(20(19(16)24)27-18-5-2-14(25)12-17(18)23)21(31)29(10-11-30)8-1-7-28-9-6-26-13-28/h2-6,9,12-13,27,30H,1,7-8,10-11H2. The van der Waals surface area contributed by atoms with Crippen molar-refractivity contribution in [3.63, 3.8) is 0 Å². The maximum atomic E-state index is 14.6. The molecule has 0 atom stereocenters. The first-order valence-electron chi connectivity index (χ1n) is 9.46. The number of aromatic nitrogens is 2. The molecule has 2 aromatic carbocycles. The number of nitrogens with one attached hydrogen (secondary N) is 1. The van der Waals surface area contributed by atoms with Crippen LogP contribution in [-0.4, -0.2) is 45.2 Å². The Balaban J connectivity index is 1.86. The number of anilines is 2. The van der Waals surface area contributed by atoms with E-state index in [1.54, 1.807) is 24.8 Å². The number of halogens is 4. The van der Waals surface area contributed by atoms with Crippen LogP contribution in [0.3, 0.4) is 0 Å². The van der Waals surface area contributed by atoms with Crippen LogP contribution in [0.5, 0.6) is 0 Å². The maximum Gasteiger partial charge on any atom is 0.256 e. The lowest BCUT2D eigenvalue weighted by Gasteiger charge is -2.24. The number of rotatable bonds is 9. The highest BCUT2D eigenvalue weighted by molar-refractivity contribution is 14.1. The fourth-order valence-corrected chi connectivity index (χ4v) is 3.50. The van der Waals surface area contributed by atoms with Gasteiger partial charge in [0.25, 0.3) is 5.91 Å². The minimum Gasteiger partial charge on any atom is -0.395 e. The van der Waals surface area contributed by atoms with Crippen LogP contribution in [0.4, 0.5) is 24.5 Å². The third kappa shape index (κ3) is 5.76. The highest BCUT2D eigenvalue weighted by Crippen LogP contribution is 2.29. The quantitative estimate of drug-likeness (QED) is 0.397. The van der Waals surface area contributed by atoms with Gasteiger partial charge < -0.3 is 19.9 Å². The van der Waals surface area contributed by atoms with Gasteiger partial charge in [0.15, 0.2) is 11.6 Å². The second kappa shape index (κ2) is 10.6. The molecule has 1 aromatic heterocycles. The van der Waals surface area contributed by atoms with E-state index in [-0.39, 0.29) is 30.9 Å². The van der Waals surface area contributed by atoms with Gasteiger partial charge in [-0.25, -0.2) is 18.2 Å². The van der Waals surface area contributed by atoms with E-state index in [2.05, 4.69) is 10.3 Å². The van der Waals surface area contributed by atoms with Crippen molar-refractivity contribution in [1.29, 1.82) is 0 Å². The number of hydrogen-bond acceptors (Lipinski definition) is 4. The van der Waals surface area contributed by atoms with E-state index in [1.807, 2.05) is 27.2 Å². The predicted octanol–water partition coefficient (Wildman–Crippen LogP) is 4.17. The van der Waals surface area contributed by atoms with Crippen molar-refractivity contribution >= 4 is 39.9 Å². The maximum absolute atomic E-state index is 14.6. The lowest BCUT2D eigenvalue weighted by Crippen LogP contribution is -2.35. The monoisotopic (exact) mass is 544 g/mol. The van der Waals surface area contributed by atoms with Crippen LogP contribution in [0.15, 0.2) is 49.1 Å². The summed E-state index contributed by atoms with van der Waals surface area (Å²) in [6, 6.07) is 6.20. The third-order valence-electron chi connectivity index (χ3n) is 4.58. The summed E-state index contributed by atoms with van der Waals surface area (Å²) >= 11 is 1.92. The van der Waals surface area contributed by atoms with Crippen LogP contribution >= 0.6 is 22.6 Å². The Labute approximate surface area is 190 Å². The number of amides is 1. The summed E-state index contributed by atoms with van der Waals surface area (Å²) < 4.78 is 45.3. The zero-order valence-corrected chi connectivity index (χ0v) is 18.5. The number of hydrogen-bond donors (Lipinski definition) is 2. The largest absolute Gasteiger partial charge is 0.395 e. The number of aryl methyl sites for hydroxylation is 1. The van der Waals surface area contributed by atoms with Crippen molar-refractivity contribution in [3.05, 3.63) is 75.6 Å². The number of aliphatic hydroxyl groups is 1. The Morgan fingerprint density at radius 2 is 1.97 bits per heavy atom. The molecule has 3 aromatic rings. The molecule has 1 amide bonds. The van der Waals surface area contributed by atoms with Crippen molar-refractivity contribution in [2.24, 2.45) is 0 Å². The molecular weight excluding hydrogens is 524 g/mol. The van der Waals surface area contributed by atoms with Crippen LogP contribution < -0.4 is 5.32 Å². The molecule has 0 aliphatic rings. The molecule has 0 aliphatic carbocycles. The normalized spacial score (nSPS) is 10.9. The summed E-state index contributed by atoms with van der Waals surface area (Å²) in [6.07, 6.45) is 5.62. The highest BCUT2D eigenvalue weighted by atomic mass is 127. The second-order valence-corrected chi connectivity index (χ2v) is 7.95. The van der Waals surface area contributed by atoms with E-state index < -0.39 is 29.0 Å². The molecule has 0 spiro atoms. The molecule has 0 fully saturated rings. The molecule has 2 N–H and O–H groups in total. The van der Waals surface area contributed by atoms with Crippen LogP contribution in [-0.2, 0) is 6.54 Å². The number of aliphatic hydroxyl groups excluding tert-OH is 1. The van der Waals surface area contributed by atoms with Crippen molar-refractivity contribution in [3.8, 4) is 0 Å². The first-order valence-corrected chi connectivity index (χ1v) is 10.5. The fourth-order valence-electron chi connectivity index (χ4n) is 3.05. The summed E-state index contributed by atoms with van der Waals surface area (Å²) in [5, 5.41) is 11.9. The van der Waals surface area contributed by atoms with E-state index in [4.69, 9.17) is 0 Å². The van der Waals surface area contributed by atoms with Crippen molar-refractivity contribution in [2.75, 3.05) is 25.0 Å². The Morgan fingerprint density at radius 1 is 1.16 bits per heavy atom. The third-order valence-corrected chi connectivity index (χ3v) is 5.25. The van der Waals surface area contributed by atoms with Crippen molar-refractivity contribution < 1.29 is 23.1 Å². The average Bonchev–Trinajstić information content (AvgIpc) is 3.26. The minimum absolute atomic E-state index is 0.0130. The van der Waals surface area contributed by atoms with E-state index in [9.17, 15) is 23.1 Å². The predicted molar refractivity (Wildman–Crippen MR) is 119 cm³/mol. The van der Waals surface area contributed by atoms with Crippen molar-refractivity contribution in [1.82, 2.24) is 14.5 Å². The van der Waals surface area contributed by atoms with Gasteiger partial charge in [0.05, 0.1) is 29.9 Å². The first-order chi connectivity index (χ1) is 14.9. The Hall–Kier alpha value is -2.60. The molecule has 0 unspecified atom stereocenters. The molecular formula is C21H20F3IN4O2. The molecule has 3 rings (SSSR count). The Morgan fingerprint density at radius 3 is 2.65 bits per heavy atom. The average molecular weight is 544 g/mol. The van der Waals surface area contributed by atoms with Gasteiger partial charge in [0, 0.05) is 35.6 Å². The summed E-state index contributed by atoms with van der Waals surface area (Å²) in [5.41, 5.74) is -0.705. The molecule has 6 nitrogen and oxygen atoms in total. The number of imidazole rings is 1. The second-order valence-electron chi connectivity index (χ2n) is 6.70. The molecule has 1 heterocycles. The van der Waals surface area contributed by atoms with E-state index >= 15 is 0 Å². The lowest BCUT2D eigenvalue weighted by atomic mass is 10.1. The van der Waals surface area contributed by atoms with E-state index in [1.165, 1.54) is 17.0 Å². The summed E-state index contributed by atoms with van der Waals surface area (Å²) in [6.45, 7) is 0.577. The molecule has 0 radical (unpaired) electrons. The van der Waals surface area contributed by atoms with Gasteiger partial charge in [-0.3, -0.25) is 4.79 Å². The van der Waals surface area contributed by atoms with Gasteiger partial charge in [-0.2, -0.15) is 0 Å². The van der Waals surface area contributed by atoms with Crippen LogP contribution in [0.25, 0.3) is 0 Å². The molecule has 0 aliphatic heterocycles. The molecule has 164 valence electrons. The molecule has 10 heteroatoms. The number of benzene rings is 2. The number of carbonyl (C=O) groups excluding carboxylic acids is 1. The molecule has 0 saturated carbocycles. The minimum atomic E-state index is -1.29. The smallest absolute Gasteiger partial charge is 0.256 e. The molecule has 0 bridgehead atoms. The van der Waals surface area contributed by atoms with Gasteiger partial charge in [-0.1, -0.05) is 0 Å². The topological polar surface area (TPSA) is 70.4 Å².